The second-order valence-electron chi connectivity index (χ2n) is 4.77. The molecular formula is C20H16S. The molecule has 0 spiro atoms. The first-order valence-corrected chi connectivity index (χ1v) is 7.83. The molecule has 0 bridgehead atoms. The zero-order valence-electron chi connectivity index (χ0n) is 11.6. The third-order valence-electron chi connectivity index (χ3n) is 3.15. The molecule has 1 heteroatoms. The first-order valence-electron chi connectivity index (χ1n) is 6.95. The molecule has 3 rings (SSSR count). The van der Waals surface area contributed by atoms with Gasteiger partial charge in [0.15, 0.2) is 0 Å². The van der Waals surface area contributed by atoms with Crippen molar-refractivity contribution in [3.63, 3.8) is 0 Å². The molecule has 1 aromatic heterocycles. The Morgan fingerprint density at radius 3 is 1.71 bits per heavy atom. The number of rotatable bonds is 4. The van der Waals surface area contributed by atoms with Gasteiger partial charge in [0, 0.05) is 4.88 Å². The third kappa shape index (κ3) is 4.04. The van der Waals surface area contributed by atoms with Crippen molar-refractivity contribution in [2.75, 3.05) is 0 Å². The normalized spacial score (nSPS) is 11.4. The molecule has 0 nitrogen and oxygen atoms in total. The van der Waals surface area contributed by atoms with Crippen molar-refractivity contribution < 1.29 is 0 Å². The largest absolute Gasteiger partial charge is 0.144 e. The molecule has 2 aromatic carbocycles. The van der Waals surface area contributed by atoms with Crippen molar-refractivity contribution in [1.82, 2.24) is 0 Å². The maximum absolute atomic E-state index is 2.21. The van der Waals surface area contributed by atoms with E-state index in [1.165, 1.54) is 21.6 Å². The van der Waals surface area contributed by atoms with E-state index in [0.717, 1.165) is 0 Å². The van der Waals surface area contributed by atoms with Crippen molar-refractivity contribution in [1.29, 1.82) is 0 Å². The molecule has 0 saturated carbocycles. The summed E-state index contributed by atoms with van der Waals surface area (Å²) in [7, 11) is 0. The van der Waals surface area contributed by atoms with E-state index in [-0.39, 0.29) is 0 Å². The van der Waals surface area contributed by atoms with Crippen molar-refractivity contribution in [2.24, 2.45) is 0 Å². The van der Waals surface area contributed by atoms with Gasteiger partial charge in [0.2, 0.25) is 0 Å². The van der Waals surface area contributed by atoms with Gasteiger partial charge in [-0.15, -0.1) is 11.3 Å². The second kappa shape index (κ2) is 6.87. The second-order valence-corrected chi connectivity index (χ2v) is 5.71. The highest BCUT2D eigenvalue weighted by molar-refractivity contribution is 7.11. The first-order chi connectivity index (χ1) is 10.4. The van der Waals surface area contributed by atoms with Crippen LogP contribution in [-0.4, -0.2) is 0 Å². The van der Waals surface area contributed by atoms with Gasteiger partial charge in [0.25, 0.3) is 0 Å². The highest BCUT2D eigenvalue weighted by atomic mass is 32.1. The fourth-order valence-electron chi connectivity index (χ4n) is 2.04. The van der Waals surface area contributed by atoms with Gasteiger partial charge in [-0.2, -0.15) is 0 Å². The quantitative estimate of drug-likeness (QED) is 0.545. The minimum absolute atomic E-state index is 1.23. The molecule has 1 heterocycles. The molecular weight excluding hydrogens is 272 g/mol. The molecule has 0 fully saturated rings. The lowest BCUT2D eigenvalue weighted by atomic mass is 10.2. The lowest BCUT2D eigenvalue weighted by Crippen LogP contribution is -1.69. The Morgan fingerprint density at radius 2 is 1.10 bits per heavy atom. The van der Waals surface area contributed by atoms with Crippen LogP contribution < -0.4 is 0 Å². The van der Waals surface area contributed by atoms with E-state index in [4.69, 9.17) is 0 Å². The Labute approximate surface area is 129 Å². The van der Waals surface area contributed by atoms with Crippen molar-refractivity contribution >= 4 is 35.6 Å². The van der Waals surface area contributed by atoms with Gasteiger partial charge in [-0.1, -0.05) is 78.9 Å². The number of hydrogen-bond donors (Lipinski definition) is 0. The van der Waals surface area contributed by atoms with Gasteiger partial charge in [-0.3, -0.25) is 0 Å². The van der Waals surface area contributed by atoms with Crippen LogP contribution in [0, 0.1) is 0 Å². The van der Waals surface area contributed by atoms with Crippen LogP contribution >= 0.6 is 11.3 Å². The molecule has 0 aliphatic rings. The summed E-state index contributed by atoms with van der Waals surface area (Å²) >= 11 is 1.77. The molecule has 0 atom stereocenters. The topological polar surface area (TPSA) is 0 Å². The minimum atomic E-state index is 1.23. The first kappa shape index (κ1) is 13.6. The standard InChI is InChI=1S/C20H16S/c1-3-7-17(8-4-1)11-12-19-15-20(21-16-19)14-13-18-9-5-2-6-10-18/h1-16H. The molecule has 0 aliphatic heterocycles. The monoisotopic (exact) mass is 288 g/mol. The number of thiophene rings is 1. The molecule has 21 heavy (non-hydrogen) atoms. The fourth-order valence-corrected chi connectivity index (χ4v) is 2.81. The summed E-state index contributed by atoms with van der Waals surface area (Å²) in [6, 6.07) is 23.0. The summed E-state index contributed by atoms with van der Waals surface area (Å²) in [4.78, 5) is 1.27. The smallest absolute Gasteiger partial charge is 0.0276 e. The van der Waals surface area contributed by atoms with E-state index < -0.39 is 0 Å². The Balaban J connectivity index is 1.69. The summed E-state index contributed by atoms with van der Waals surface area (Å²) in [5, 5.41) is 2.18. The van der Waals surface area contributed by atoms with Crippen LogP contribution in [0.2, 0.25) is 0 Å². The highest BCUT2D eigenvalue weighted by Crippen LogP contribution is 2.19. The Hall–Kier alpha value is -2.38. The van der Waals surface area contributed by atoms with Gasteiger partial charge < -0.3 is 0 Å². The number of benzene rings is 2. The van der Waals surface area contributed by atoms with Gasteiger partial charge in [0.1, 0.15) is 0 Å². The summed E-state index contributed by atoms with van der Waals surface area (Å²) in [5.41, 5.74) is 3.70. The molecule has 0 saturated heterocycles. The van der Waals surface area contributed by atoms with Crippen LogP contribution in [0.4, 0.5) is 0 Å². The molecule has 0 radical (unpaired) electrons. The molecule has 0 N–H and O–H groups in total. The zero-order chi connectivity index (χ0) is 14.3. The summed E-state index contributed by atoms with van der Waals surface area (Å²) < 4.78 is 0. The van der Waals surface area contributed by atoms with Crippen LogP contribution in [0.3, 0.4) is 0 Å². The minimum Gasteiger partial charge on any atom is -0.144 e. The van der Waals surface area contributed by atoms with Crippen molar-refractivity contribution in [3.8, 4) is 0 Å². The maximum atomic E-state index is 2.21. The summed E-state index contributed by atoms with van der Waals surface area (Å²) in [6.45, 7) is 0. The van der Waals surface area contributed by atoms with Gasteiger partial charge >= 0.3 is 0 Å². The van der Waals surface area contributed by atoms with E-state index in [2.05, 4.69) is 84.3 Å². The van der Waals surface area contributed by atoms with Crippen LogP contribution in [0.1, 0.15) is 21.6 Å². The SMILES string of the molecule is C(=Cc1csc(C=Cc2ccccc2)c1)c1ccccc1. The van der Waals surface area contributed by atoms with E-state index >= 15 is 0 Å². The third-order valence-corrected chi connectivity index (χ3v) is 4.06. The number of hydrogen-bond acceptors (Lipinski definition) is 1. The van der Waals surface area contributed by atoms with Crippen LogP contribution in [0.15, 0.2) is 72.1 Å². The van der Waals surface area contributed by atoms with E-state index in [1.807, 2.05) is 12.1 Å². The predicted octanol–water partition coefficient (Wildman–Crippen LogP) is 6.09. The Morgan fingerprint density at radius 1 is 0.571 bits per heavy atom. The van der Waals surface area contributed by atoms with E-state index in [1.54, 1.807) is 11.3 Å². The van der Waals surface area contributed by atoms with Gasteiger partial charge in [0.05, 0.1) is 0 Å². The lowest BCUT2D eigenvalue weighted by Gasteiger charge is -1.90. The lowest BCUT2D eigenvalue weighted by molar-refractivity contribution is 1.66. The fraction of sp³-hybridized carbons (Fsp3) is 0. The van der Waals surface area contributed by atoms with Crippen LogP contribution in [0.5, 0.6) is 0 Å². The average molecular weight is 288 g/mol. The summed E-state index contributed by atoms with van der Waals surface area (Å²) in [5.74, 6) is 0. The molecule has 0 unspecified atom stereocenters. The van der Waals surface area contributed by atoms with Crippen molar-refractivity contribution in [3.05, 3.63) is 93.7 Å². The van der Waals surface area contributed by atoms with Crippen LogP contribution in [0.25, 0.3) is 24.3 Å². The highest BCUT2D eigenvalue weighted by Gasteiger charge is 1.94. The predicted molar refractivity (Wildman–Crippen MR) is 95.1 cm³/mol. The molecule has 102 valence electrons. The molecule has 0 aliphatic carbocycles. The van der Waals surface area contributed by atoms with Crippen LogP contribution in [-0.2, 0) is 0 Å². The average Bonchev–Trinajstić information content (AvgIpc) is 3.01. The van der Waals surface area contributed by atoms with Crippen molar-refractivity contribution in [2.45, 2.75) is 0 Å². The summed E-state index contributed by atoms with van der Waals surface area (Å²) in [6.07, 6.45) is 8.62. The van der Waals surface area contributed by atoms with Gasteiger partial charge in [-0.25, -0.2) is 0 Å². The molecule has 3 aromatic rings. The molecule has 0 amide bonds. The Kier molecular flexibility index (Phi) is 4.45. The Bertz CT molecular complexity index is 670. The van der Waals surface area contributed by atoms with Gasteiger partial charge in [-0.05, 0) is 34.2 Å². The zero-order valence-corrected chi connectivity index (χ0v) is 12.5. The van der Waals surface area contributed by atoms with E-state index in [0.29, 0.717) is 0 Å². The van der Waals surface area contributed by atoms with E-state index in [9.17, 15) is 0 Å². The maximum Gasteiger partial charge on any atom is 0.0276 e.